The van der Waals surface area contributed by atoms with Gasteiger partial charge in [-0.2, -0.15) is 0 Å². The molecule has 0 spiro atoms. The largest absolute Gasteiger partial charge is 0.379 e. The summed E-state index contributed by atoms with van der Waals surface area (Å²) in [6.45, 7) is 2.81. The summed E-state index contributed by atoms with van der Waals surface area (Å²) in [5.74, 6) is 0. The zero-order chi connectivity index (χ0) is 12.4. The van der Waals surface area contributed by atoms with Crippen LogP contribution in [0.5, 0.6) is 0 Å². The molecule has 2 N–H and O–H groups in total. The van der Waals surface area contributed by atoms with Crippen molar-refractivity contribution in [2.75, 3.05) is 5.32 Å². The summed E-state index contributed by atoms with van der Waals surface area (Å²) in [7, 11) is 0. The highest BCUT2D eigenvalue weighted by molar-refractivity contribution is 5.93. The van der Waals surface area contributed by atoms with Crippen molar-refractivity contribution >= 4 is 16.6 Å². The van der Waals surface area contributed by atoms with E-state index >= 15 is 0 Å². The van der Waals surface area contributed by atoms with Crippen LogP contribution in [0.15, 0.2) is 43.0 Å². The van der Waals surface area contributed by atoms with Gasteiger partial charge in [0.25, 0.3) is 0 Å². The number of anilines is 1. The highest BCUT2D eigenvalue weighted by Crippen LogP contribution is 2.24. The SMILES string of the molecule is Cc1ccc(NCc2cnc[nH]2)c2cccnc12. The Morgan fingerprint density at radius 3 is 3.06 bits per heavy atom. The number of hydrogen-bond acceptors (Lipinski definition) is 3. The van der Waals surface area contributed by atoms with Crippen LogP contribution in [0, 0.1) is 6.92 Å². The Hall–Kier alpha value is -2.36. The minimum absolute atomic E-state index is 0.729. The quantitative estimate of drug-likeness (QED) is 0.737. The first-order valence-electron chi connectivity index (χ1n) is 5.90. The Morgan fingerprint density at radius 1 is 1.28 bits per heavy atom. The van der Waals surface area contributed by atoms with E-state index in [4.69, 9.17) is 0 Å². The Bertz CT molecular complexity index is 659. The van der Waals surface area contributed by atoms with E-state index in [0.717, 1.165) is 28.8 Å². The van der Waals surface area contributed by atoms with Crippen molar-refractivity contribution in [2.45, 2.75) is 13.5 Å². The van der Waals surface area contributed by atoms with E-state index in [2.05, 4.69) is 45.4 Å². The standard InChI is InChI=1S/C14H14N4/c1-10-4-5-13(12-3-2-6-16-14(10)12)17-8-11-7-15-9-18-11/h2-7,9,17H,8H2,1H3,(H,15,18). The maximum atomic E-state index is 4.43. The van der Waals surface area contributed by atoms with Gasteiger partial charge in [-0.25, -0.2) is 4.98 Å². The number of nitrogens with zero attached hydrogens (tertiary/aromatic N) is 2. The molecule has 4 nitrogen and oxygen atoms in total. The zero-order valence-corrected chi connectivity index (χ0v) is 10.1. The smallest absolute Gasteiger partial charge is 0.0922 e. The normalized spacial score (nSPS) is 10.7. The van der Waals surface area contributed by atoms with Crippen LogP contribution in [0.3, 0.4) is 0 Å². The lowest BCUT2D eigenvalue weighted by atomic mass is 10.1. The third-order valence-corrected chi connectivity index (χ3v) is 3.00. The molecule has 0 aliphatic carbocycles. The maximum absolute atomic E-state index is 4.43. The van der Waals surface area contributed by atoms with Gasteiger partial charge in [-0.1, -0.05) is 6.07 Å². The minimum Gasteiger partial charge on any atom is -0.379 e. The fourth-order valence-corrected chi connectivity index (χ4v) is 2.04. The molecule has 0 atom stereocenters. The van der Waals surface area contributed by atoms with E-state index in [9.17, 15) is 0 Å². The zero-order valence-electron chi connectivity index (χ0n) is 10.1. The number of fused-ring (bicyclic) bond motifs is 1. The van der Waals surface area contributed by atoms with Gasteiger partial charge in [-0.3, -0.25) is 4.98 Å². The molecule has 0 bridgehead atoms. The highest BCUT2D eigenvalue weighted by Gasteiger charge is 2.04. The molecule has 0 aliphatic heterocycles. The molecule has 2 aromatic heterocycles. The van der Waals surface area contributed by atoms with Gasteiger partial charge < -0.3 is 10.3 Å². The number of nitrogens with one attached hydrogen (secondary N) is 2. The number of aromatic amines is 1. The molecule has 3 rings (SSSR count). The highest BCUT2D eigenvalue weighted by atomic mass is 14.9. The Morgan fingerprint density at radius 2 is 2.22 bits per heavy atom. The monoisotopic (exact) mass is 238 g/mol. The van der Waals surface area contributed by atoms with E-state index in [-0.39, 0.29) is 0 Å². The second kappa shape index (κ2) is 4.49. The molecule has 0 aliphatic rings. The molecular weight excluding hydrogens is 224 g/mol. The van der Waals surface area contributed by atoms with Crippen molar-refractivity contribution in [3.8, 4) is 0 Å². The summed E-state index contributed by atoms with van der Waals surface area (Å²) < 4.78 is 0. The predicted molar refractivity (Wildman–Crippen MR) is 72.4 cm³/mol. The molecule has 0 unspecified atom stereocenters. The summed E-state index contributed by atoms with van der Waals surface area (Å²) in [5, 5.41) is 4.56. The van der Waals surface area contributed by atoms with Gasteiger partial charge in [0.15, 0.2) is 0 Å². The van der Waals surface area contributed by atoms with Crippen LogP contribution in [0.4, 0.5) is 5.69 Å². The lowest BCUT2D eigenvalue weighted by Crippen LogP contribution is -2.00. The number of aryl methyl sites for hydroxylation is 1. The molecule has 1 aromatic carbocycles. The minimum atomic E-state index is 0.729. The fraction of sp³-hybridized carbons (Fsp3) is 0.143. The first-order valence-corrected chi connectivity index (χ1v) is 5.90. The van der Waals surface area contributed by atoms with Crippen molar-refractivity contribution in [1.29, 1.82) is 0 Å². The molecule has 0 amide bonds. The molecule has 4 heteroatoms. The first kappa shape index (κ1) is 10.8. The molecule has 90 valence electrons. The number of rotatable bonds is 3. The van der Waals surface area contributed by atoms with Crippen LogP contribution in [-0.4, -0.2) is 15.0 Å². The van der Waals surface area contributed by atoms with E-state index in [0.29, 0.717) is 0 Å². The van der Waals surface area contributed by atoms with Gasteiger partial charge in [0.1, 0.15) is 0 Å². The van der Waals surface area contributed by atoms with Gasteiger partial charge in [0.05, 0.1) is 24.1 Å². The van der Waals surface area contributed by atoms with Gasteiger partial charge in [-0.15, -0.1) is 0 Å². The summed E-state index contributed by atoms with van der Waals surface area (Å²) in [5.41, 5.74) is 4.40. The summed E-state index contributed by atoms with van der Waals surface area (Å²) in [6, 6.07) is 8.23. The number of hydrogen-bond donors (Lipinski definition) is 2. The van der Waals surface area contributed by atoms with Gasteiger partial charge >= 0.3 is 0 Å². The molecule has 18 heavy (non-hydrogen) atoms. The van der Waals surface area contributed by atoms with E-state index in [1.54, 1.807) is 6.33 Å². The summed E-state index contributed by atoms with van der Waals surface area (Å²) in [4.78, 5) is 11.5. The molecule has 0 fully saturated rings. The van der Waals surface area contributed by atoms with Gasteiger partial charge in [-0.05, 0) is 30.7 Å². The topological polar surface area (TPSA) is 53.6 Å². The number of aromatic nitrogens is 3. The predicted octanol–water partition coefficient (Wildman–Crippen LogP) is 2.88. The molecular formula is C14H14N4. The maximum Gasteiger partial charge on any atom is 0.0922 e. The van der Waals surface area contributed by atoms with Crippen molar-refractivity contribution in [3.05, 3.63) is 54.2 Å². The molecule has 3 aromatic rings. The number of imidazole rings is 1. The molecule has 2 heterocycles. The molecule has 0 radical (unpaired) electrons. The van der Waals surface area contributed by atoms with Crippen LogP contribution in [0.1, 0.15) is 11.3 Å². The average molecular weight is 238 g/mol. The van der Waals surface area contributed by atoms with E-state index < -0.39 is 0 Å². The Labute approximate surface area is 105 Å². The van der Waals surface area contributed by atoms with Crippen molar-refractivity contribution < 1.29 is 0 Å². The lowest BCUT2D eigenvalue weighted by Gasteiger charge is -2.10. The van der Waals surface area contributed by atoms with Crippen molar-refractivity contribution in [2.24, 2.45) is 0 Å². The molecule has 0 saturated heterocycles. The van der Waals surface area contributed by atoms with Crippen molar-refractivity contribution in [3.63, 3.8) is 0 Å². The van der Waals surface area contributed by atoms with Crippen LogP contribution in [0.2, 0.25) is 0 Å². The van der Waals surface area contributed by atoms with E-state index in [1.807, 2.05) is 18.5 Å². The van der Waals surface area contributed by atoms with Crippen LogP contribution in [-0.2, 0) is 6.54 Å². The average Bonchev–Trinajstić information content (AvgIpc) is 2.92. The van der Waals surface area contributed by atoms with E-state index in [1.165, 1.54) is 5.56 Å². The Balaban J connectivity index is 1.94. The third kappa shape index (κ3) is 1.93. The van der Waals surface area contributed by atoms with Crippen LogP contribution < -0.4 is 5.32 Å². The van der Waals surface area contributed by atoms with Crippen molar-refractivity contribution in [1.82, 2.24) is 15.0 Å². The van der Waals surface area contributed by atoms with Crippen LogP contribution in [0.25, 0.3) is 10.9 Å². The second-order valence-electron chi connectivity index (χ2n) is 4.26. The number of pyridine rings is 1. The summed E-state index contributed by atoms with van der Waals surface area (Å²) in [6.07, 6.45) is 5.33. The van der Waals surface area contributed by atoms with Crippen LogP contribution >= 0.6 is 0 Å². The number of benzene rings is 1. The number of H-pyrrole nitrogens is 1. The van der Waals surface area contributed by atoms with Gasteiger partial charge in [0, 0.05) is 23.5 Å². The first-order chi connectivity index (χ1) is 8.84. The Kier molecular flexibility index (Phi) is 2.68. The lowest BCUT2D eigenvalue weighted by molar-refractivity contribution is 1.08. The second-order valence-corrected chi connectivity index (χ2v) is 4.26. The summed E-state index contributed by atoms with van der Waals surface area (Å²) >= 11 is 0. The molecule has 0 saturated carbocycles. The third-order valence-electron chi connectivity index (χ3n) is 3.00. The van der Waals surface area contributed by atoms with Gasteiger partial charge in [0.2, 0.25) is 0 Å². The fourth-order valence-electron chi connectivity index (χ4n) is 2.04.